The summed E-state index contributed by atoms with van der Waals surface area (Å²) >= 11 is 12.2. The maximum Gasteiger partial charge on any atom is 0.261 e. The Kier molecular flexibility index (Phi) is 7.39. The molecule has 31 heavy (non-hydrogen) atoms. The van der Waals surface area contributed by atoms with Crippen LogP contribution in [-0.2, 0) is 6.54 Å². The number of rotatable bonds is 7. The van der Waals surface area contributed by atoms with Crippen molar-refractivity contribution in [3.05, 3.63) is 74.3 Å². The lowest BCUT2D eigenvalue weighted by molar-refractivity contribution is 0.0628. The summed E-state index contributed by atoms with van der Waals surface area (Å²) in [5.74, 6) is 0.662. The summed E-state index contributed by atoms with van der Waals surface area (Å²) in [6.45, 7) is 9.03. The molecule has 3 aromatic rings. The van der Waals surface area contributed by atoms with Gasteiger partial charge < -0.3 is 4.90 Å². The Balaban J connectivity index is 2.16. The molecule has 7 heteroatoms. The van der Waals surface area contributed by atoms with E-state index in [1.165, 1.54) is 0 Å². The summed E-state index contributed by atoms with van der Waals surface area (Å²) < 4.78 is 1.67. The average Bonchev–Trinajstić information content (AvgIpc) is 2.75. The van der Waals surface area contributed by atoms with Crippen LogP contribution in [0.1, 0.15) is 56.3 Å². The van der Waals surface area contributed by atoms with E-state index in [-0.39, 0.29) is 23.4 Å². The molecule has 0 fully saturated rings. The lowest BCUT2D eigenvalue weighted by Gasteiger charge is -2.33. The minimum atomic E-state index is -0.360. The number of carbonyl (C=O) groups is 1. The molecule has 0 aliphatic carbocycles. The molecule has 1 amide bonds. The van der Waals surface area contributed by atoms with Crippen molar-refractivity contribution in [1.82, 2.24) is 14.5 Å². The highest BCUT2D eigenvalue weighted by atomic mass is 35.5. The zero-order chi connectivity index (χ0) is 22.7. The van der Waals surface area contributed by atoms with Crippen molar-refractivity contribution in [2.24, 2.45) is 5.92 Å². The fourth-order valence-electron chi connectivity index (χ4n) is 3.83. The van der Waals surface area contributed by atoms with Crippen LogP contribution >= 0.6 is 23.2 Å². The highest BCUT2D eigenvalue weighted by Gasteiger charge is 2.29. The van der Waals surface area contributed by atoms with Gasteiger partial charge >= 0.3 is 0 Å². The van der Waals surface area contributed by atoms with E-state index in [9.17, 15) is 9.59 Å². The van der Waals surface area contributed by atoms with Crippen molar-refractivity contribution < 1.29 is 4.79 Å². The van der Waals surface area contributed by atoms with Gasteiger partial charge in [0.15, 0.2) is 0 Å². The third-order valence-electron chi connectivity index (χ3n) is 5.26. The van der Waals surface area contributed by atoms with E-state index in [1.807, 2.05) is 32.0 Å². The predicted molar refractivity (Wildman–Crippen MR) is 127 cm³/mol. The van der Waals surface area contributed by atoms with Gasteiger partial charge in [0.1, 0.15) is 5.82 Å². The first-order valence-electron chi connectivity index (χ1n) is 10.5. The molecule has 1 unspecified atom stereocenters. The van der Waals surface area contributed by atoms with E-state index < -0.39 is 0 Å². The van der Waals surface area contributed by atoms with Gasteiger partial charge in [-0.25, -0.2) is 4.98 Å². The Morgan fingerprint density at radius 3 is 2.42 bits per heavy atom. The van der Waals surface area contributed by atoms with Gasteiger partial charge in [-0.2, -0.15) is 0 Å². The van der Waals surface area contributed by atoms with Gasteiger partial charge in [-0.05, 0) is 49.6 Å². The van der Waals surface area contributed by atoms with Crippen molar-refractivity contribution in [2.45, 2.75) is 46.7 Å². The molecule has 0 saturated heterocycles. The first-order valence-corrected chi connectivity index (χ1v) is 11.3. The van der Waals surface area contributed by atoms with Crippen LogP contribution in [0.25, 0.3) is 10.9 Å². The Hall–Kier alpha value is -2.37. The maximum atomic E-state index is 13.6. The Morgan fingerprint density at radius 2 is 1.81 bits per heavy atom. The molecule has 0 radical (unpaired) electrons. The lowest BCUT2D eigenvalue weighted by Crippen LogP contribution is -2.40. The summed E-state index contributed by atoms with van der Waals surface area (Å²) in [4.78, 5) is 33.4. The highest BCUT2D eigenvalue weighted by molar-refractivity contribution is 6.42. The molecule has 0 spiro atoms. The van der Waals surface area contributed by atoms with Crippen LogP contribution in [-0.4, -0.2) is 26.9 Å². The van der Waals surface area contributed by atoms with E-state index in [2.05, 4.69) is 13.8 Å². The van der Waals surface area contributed by atoms with Gasteiger partial charge in [0.25, 0.3) is 11.5 Å². The second-order valence-electron chi connectivity index (χ2n) is 7.94. The van der Waals surface area contributed by atoms with Gasteiger partial charge in [-0.1, -0.05) is 56.1 Å². The molecular formula is C24H27Cl2N3O2. The van der Waals surface area contributed by atoms with Gasteiger partial charge in [0.2, 0.25) is 0 Å². The summed E-state index contributed by atoms with van der Waals surface area (Å²) in [6.07, 6.45) is 0.616. The molecule has 2 aromatic carbocycles. The van der Waals surface area contributed by atoms with E-state index in [0.717, 1.165) is 0 Å². The monoisotopic (exact) mass is 459 g/mol. The van der Waals surface area contributed by atoms with E-state index in [4.69, 9.17) is 28.2 Å². The fourth-order valence-corrected chi connectivity index (χ4v) is 4.13. The molecule has 1 aromatic heterocycles. The average molecular weight is 460 g/mol. The first-order chi connectivity index (χ1) is 14.8. The van der Waals surface area contributed by atoms with Gasteiger partial charge in [-0.3, -0.25) is 14.2 Å². The number of aromatic nitrogens is 2. The molecular weight excluding hydrogens is 433 g/mol. The zero-order valence-electron chi connectivity index (χ0n) is 18.2. The maximum absolute atomic E-state index is 13.6. The van der Waals surface area contributed by atoms with Crippen LogP contribution in [0.4, 0.5) is 0 Å². The normalized spacial score (nSPS) is 12.4. The number of amides is 1. The van der Waals surface area contributed by atoms with Crippen LogP contribution < -0.4 is 5.56 Å². The van der Waals surface area contributed by atoms with Gasteiger partial charge in [-0.15, -0.1) is 0 Å². The second-order valence-corrected chi connectivity index (χ2v) is 8.76. The highest BCUT2D eigenvalue weighted by Crippen LogP contribution is 2.29. The first kappa shape index (κ1) is 23.3. The van der Waals surface area contributed by atoms with Crippen LogP contribution in [0.3, 0.4) is 0 Å². The summed E-state index contributed by atoms with van der Waals surface area (Å²) in [6, 6.07) is 11.9. The Labute approximate surface area is 192 Å². The van der Waals surface area contributed by atoms with Crippen LogP contribution in [0.2, 0.25) is 10.0 Å². The number of carbonyl (C=O) groups excluding carboxylic acids is 1. The molecule has 164 valence electrons. The number of hydrogen-bond donors (Lipinski definition) is 0. The molecule has 5 nitrogen and oxygen atoms in total. The van der Waals surface area contributed by atoms with Crippen molar-refractivity contribution in [3.63, 3.8) is 0 Å². The third kappa shape index (κ3) is 4.78. The molecule has 0 aliphatic heterocycles. The number of benzene rings is 2. The molecule has 1 heterocycles. The van der Waals surface area contributed by atoms with Crippen molar-refractivity contribution in [2.75, 3.05) is 6.54 Å². The lowest BCUT2D eigenvalue weighted by atomic mass is 10.1. The molecule has 1 atom stereocenters. The SMILES string of the molecule is CCC(c1nc2ccccc2c(=O)n1CC)N(CC(C)C)C(=O)c1ccc(Cl)c(Cl)c1. The number of para-hydroxylation sites is 1. The van der Waals surface area contributed by atoms with E-state index in [0.29, 0.717) is 51.8 Å². The minimum Gasteiger partial charge on any atom is -0.328 e. The summed E-state index contributed by atoms with van der Waals surface area (Å²) in [5, 5.41) is 1.31. The second kappa shape index (κ2) is 9.84. The van der Waals surface area contributed by atoms with Gasteiger partial charge in [0, 0.05) is 18.7 Å². The topological polar surface area (TPSA) is 55.2 Å². The fraction of sp³-hybridized carbons (Fsp3) is 0.375. The van der Waals surface area contributed by atoms with Crippen molar-refractivity contribution in [1.29, 1.82) is 0 Å². The van der Waals surface area contributed by atoms with Crippen molar-refractivity contribution >= 4 is 40.0 Å². The summed E-state index contributed by atoms with van der Waals surface area (Å²) in [7, 11) is 0. The molecule has 0 saturated carbocycles. The Bertz CT molecular complexity index is 1160. The van der Waals surface area contributed by atoms with E-state index >= 15 is 0 Å². The molecule has 0 aliphatic rings. The number of halogens is 2. The van der Waals surface area contributed by atoms with Crippen LogP contribution in [0, 0.1) is 5.92 Å². The molecule has 3 rings (SSSR count). The molecule has 0 bridgehead atoms. The zero-order valence-corrected chi connectivity index (χ0v) is 19.7. The van der Waals surface area contributed by atoms with Crippen molar-refractivity contribution in [3.8, 4) is 0 Å². The van der Waals surface area contributed by atoms with Crippen LogP contribution in [0.15, 0.2) is 47.3 Å². The number of hydrogen-bond acceptors (Lipinski definition) is 3. The largest absolute Gasteiger partial charge is 0.328 e. The smallest absolute Gasteiger partial charge is 0.261 e. The Morgan fingerprint density at radius 1 is 1.10 bits per heavy atom. The minimum absolute atomic E-state index is 0.0898. The quantitative estimate of drug-likeness (QED) is 0.436. The third-order valence-corrected chi connectivity index (χ3v) is 6.00. The standard InChI is InChI=1S/C24H27Cl2N3O2/c1-5-21(22-27-20-10-8-7-9-17(20)24(31)28(22)6-2)29(14-15(3)4)23(30)16-11-12-18(25)19(26)13-16/h7-13,15,21H,5-6,14H2,1-4H3. The van der Waals surface area contributed by atoms with E-state index in [1.54, 1.807) is 33.7 Å². The summed E-state index contributed by atoms with van der Waals surface area (Å²) in [5.41, 5.74) is 1.00. The molecule has 0 N–H and O–H groups in total. The number of fused-ring (bicyclic) bond motifs is 1. The number of nitrogens with zero attached hydrogens (tertiary/aromatic N) is 3. The predicted octanol–water partition coefficient (Wildman–Crippen LogP) is 5.97. The van der Waals surface area contributed by atoms with Crippen LogP contribution in [0.5, 0.6) is 0 Å². The van der Waals surface area contributed by atoms with Gasteiger partial charge in [0.05, 0.1) is 27.0 Å².